The highest BCUT2D eigenvalue weighted by molar-refractivity contribution is 14.1. The van der Waals surface area contributed by atoms with Crippen LogP contribution >= 0.6 is 22.6 Å². The van der Waals surface area contributed by atoms with E-state index in [1.165, 1.54) is 12.1 Å². The van der Waals surface area contributed by atoms with Crippen LogP contribution in [0.3, 0.4) is 0 Å². The van der Waals surface area contributed by atoms with Crippen LogP contribution in [-0.2, 0) is 39.9 Å². The third-order valence-electron chi connectivity index (χ3n) is 10.8. The zero-order valence-corrected chi connectivity index (χ0v) is 27.0. The first-order chi connectivity index (χ1) is 21.6. The van der Waals surface area contributed by atoms with E-state index in [2.05, 4.69) is 56.0 Å². The van der Waals surface area contributed by atoms with Gasteiger partial charge in [-0.3, -0.25) is 19.5 Å². The Hall–Kier alpha value is -3.51. The van der Waals surface area contributed by atoms with Gasteiger partial charge in [0.2, 0.25) is 11.8 Å². The number of nitrogens with zero attached hydrogens (tertiary/aromatic N) is 4. The molecule has 2 aromatic carbocycles. The summed E-state index contributed by atoms with van der Waals surface area (Å²) >= 11 is 2.30. The summed E-state index contributed by atoms with van der Waals surface area (Å²) in [6.07, 6.45) is 8.15. The van der Waals surface area contributed by atoms with Gasteiger partial charge in [-0.2, -0.15) is 0 Å². The molecule has 2 spiro atoms. The third kappa shape index (κ3) is 4.27. The molecular formula is C35H32F2IN5O2. The van der Waals surface area contributed by atoms with Gasteiger partial charge >= 0.3 is 0 Å². The molecule has 45 heavy (non-hydrogen) atoms. The molecule has 2 amide bonds. The molecular weight excluding hydrogens is 687 g/mol. The van der Waals surface area contributed by atoms with Crippen molar-refractivity contribution in [1.82, 2.24) is 19.8 Å². The predicted octanol–water partition coefficient (Wildman–Crippen LogP) is 6.16. The van der Waals surface area contributed by atoms with Gasteiger partial charge in [-0.05, 0) is 91.3 Å². The van der Waals surface area contributed by atoms with Gasteiger partial charge in [0.25, 0.3) is 0 Å². The number of hydrogen-bond donors (Lipinski definition) is 1. The van der Waals surface area contributed by atoms with Crippen molar-refractivity contribution in [3.63, 3.8) is 0 Å². The van der Waals surface area contributed by atoms with Gasteiger partial charge in [0.15, 0.2) is 0 Å². The maximum atomic E-state index is 14.6. The van der Waals surface area contributed by atoms with Crippen molar-refractivity contribution in [3.05, 3.63) is 100 Å². The van der Waals surface area contributed by atoms with E-state index in [1.807, 2.05) is 24.0 Å². The Morgan fingerprint density at radius 2 is 1.71 bits per heavy atom. The Balaban J connectivity index is 1.17. The molecule has 2 fully saturated rings. The summed E-state index contributed by atoms with van der Waals surface area (Å²) in [7, 11) is 0. The molecule has 0 bridgehead atoms. The Kier molecular flexibility index (Phi) is 6.59. The highest BCUT2D eigenvalue weighted by Gasteiger charge is 2.57. The molecule has 1 unspecified atom stereocenters. The molecule has 4 aromatic rings. The molecule has 1 saturated heterocycles. The summed E-state index contributed by atoms with van der Waals surface area (Å²) in [5, 5.41) is 3.90. The van der Waals surface area contributed by atoms with Gasteiger partial charge in [-0.1, -0.05) is 41.5 Å². The summed E-state index contributed by atoms with van der Waals surface area (Å²) in [6.45, 7) is 2.65. The summed E-state index contributed by atoms with van der Waals surface area (Å²) in [5.74, 6) is -0.703. The van der Waals surface area contributed by atoms with Crippen LogP contribution in [-0.4, -0.2) is 48.2 Å². The number of carbonyl (C=O) groups excluding carboxylic acids is 2. The Bertz CT molecular complexity index is 1890. The van der Waals surface area contributed by atoms with Crippen LogP contribution in [0.25, 0.3) is 10.9 Å². The molecule has 2 aliphatic heterocycles. The molecule has 7 nitrogen and oxygen atoms in total. The van der Waals surface area contributed by atoms with Gasteiger partial charge in [-0.15, -0.1) is 0 Å². The highest BCUT2D eigenvalue weighted by Crippen LogP contribution is 2.49. The molecule has 2 aliphatic carbocycles. The van der Waals surface area contributed by atoms with E-state index < -0.39 is 28.1 Å². The molecule has 2 aromatic heterocycles. The Morgan fingerprint density at radius 1 is 0.978 bits per heavy atom. The number of rotatable bonds is 4. The fourth-order valence-electron chi connectivity index (χ4n) is 8.44. The zero-order valence-electron chi connectivity index (χ0n) is 24.9. The molecule has 4 aliphatic rings. The number of carbonyl (C=O) groups is 2. The molecule has 10 heteroatoms. The van der Waals surface area contributed by atoms with E-state index in [1.54, 1.807) is 12.4 Å². The number of nitrogens with one attached hydrogen (secondary N) is 1. The van der Waals surface area contributed by atoms with Crippen LogP contribution in [0.2, 0.25) is 0 Å². The van der Waals surface area contributed by atoms with Crippen molar-refractivity contribution < 1.29 is 18.4 Å². The second-order valence-electron chi connectivity index (χ2n) is 13.3. The minimum absolute atomic E-state index is 0.00518. The molecule has 2 atom stereocenters. The van der Waals surface area contributed by atoms with Crippen molar-refractivity contribution in [2.45, 2.75) is 68.5 Å². The normalized spacial score (nSPS) is 25.4. The number of aromatic nitrogens is 2. The number of benzene rings is 2. The lowest BCUT2D eigenvalue weighted by molar-refractivity contribution is -0.165. The highest BCUT2D eigenvalue weighted by atomic mass is 127. The lowest BCUT2D eigenvalue weighted by Gasteiger charge is -2.56. The molecule has 230 valence electrons. The molecule has 8 rings (SSSR count). The number of amides is 2. The monoisotopic (exact) mass is 719 g/mol. The molecule has 0 radical (unpaired) electrons. The van der Waals surface area contributed by atoms with Crippen LogP contribution in [0.5, 0.6) is 0 Å². The number of halogens is 3. The van der Waals surface area contributed by atoms with E-state index in [0.717, 1.165) is 64.9 Å². The summed E-state index contributed by atoms with van der Waals surface area (Å²) in [6, 6.07) is 13.7. The molecule has 1 saturated carbocycles. The zero-order chi connectivity index (χ0) is 31.1. The van der Waals surface area contributed by atoms with Crippen molar-refractivity contribution in [2.24, 2.45) is 0 Å². The van der Waals surface area contributed by atoms with Gasteiger partial charge in [0.1, 0.15) is 23.0 Å². The van der Waals surface area contributed by atoms with Crippen molar-refractivity contribution in [1.29, 1.82) is 0 Å². The van der Waals surface area contributed by atoms with Gasteiger partial charge in [0, 0.05) is 42.5 Å². The van der Waals surface area contributed by atoms with E-state index in [0.29, 0.717) is 35.3 Å². The number of piperazine rings is 1. The van der Waals surface area contributed by atoms with Gasteiger partial charge in [0.05, 0.1) is 21.0 Å². The maximum Gasteiger partial charge on any atom is 0.244 e. The van der Waals surface area contributed by atoms with Gasteiger partial charge in [-0.25, -0.2) is 13.8 Å². The summed E-state index contributed by atoms with van der Waals surface area (Å²) in [4.78, 5) is 41.1. The largest absolute Gasteiger partial charge is 0.326 e. The fourth-order valence-corrected chi connectivity index (χ4v) is 9.33. The van der Waals surface area contributed by atoms with E-state index in [4.69, 9.17) is 4.98 Å². The Morgan fingerprint density at radius 3 is 2.44 bits per heavy atom. The lowest BCUT2D eigenvalue weighted by atomic mass is 9.79. The van der Waals surface area contributed by atoms with E-state index >= 15 is 0 Å². The second kappa shape index (κ2) is 10.2. The lowest BCUT2D eigenvalue weighted by Crippen LogP contribution is -2.70. The van der Waals surface area contributed by atoms with Crippen LogP contribution in [0.1, 0.15) is 60.4 Å². The predicted molar refractivity (Wildman–Crippen MR) is 175 cm³/mol. The van der Waals surface area contributed by atoms with Crippen LogP contribution in [0.15, 0.2) is 60.9 Å². The average molecular weight is 720 g/mol. The SMILES string of the molecule is CC1(c2cc(F)cc(F)c2)CN(CI)C2(CCCC2)C(=O)N1Cc1cnc2cc3c(cc2c1)C[C@@]1(C3)C(=O)Nc2ncccc21. The van der Waals surface area contributed by atoms with E-state index in [9.17, 15) is 18.4 Å². The Labute approximate surface area is 273 Å². The summed E-state index contributed by atoms with van der Waals surface area (Å²) < 4.78 is 29.8. The second-order valence-corrected chi connectivity index (χ2v) is 14.0. The molecule has 4 heterocycles. The number of fused-ring (bicyclic) bond motifs is 4. The number of hydrogen-bond acceptors (Lipinski definition) is 5. The van der Waals surface area contributed by atoms with Crippen LogP contribution in [0, 0.1) is 11.6 Å². The number of alkyl halides is 1. The van der Waals surface area contributed by atoms with Crippen molar-refractivity contribution >= 4 is 51.1 Å². The summed E-state index contributed by atoms with van der Waals surface area (Å²) in [5.41, 5.74) is 3.00. The topological polar surface area (TPSA) is 78.4 Å². The number of pyridine rings is 2. The third-order valence-corrected chi connectivity index (χ3v) is 11.6. The minimum atomic E-state index is -0.963. The van der Waals surface area contributed by atoms with Crippen molar-refractivity contribution in [3.8, 4) is 0 Å². The van der Waals surface area contributed by atoms with Crippen molar-refractivity contribution in [2.75, 3.05) is 16.4 Å². The van der Waals surface area contributed by atoms with E-state index in [-0.39, 0.29) is 18.4 Å². The standard InChI is InChI=1S/C35H32F2IN5O2/c1-33(25-12-26(36)14-27(37)13-25)19-42(20-38)35(6-2-3-7-35)32(45)43(33)18-21-9-22-10-23-15-34(16-24(23)11-29(22)40-17-21)28-5-4-8-39-30(28)41-31(34)44/h4-5,8-14,17H,2-3,6-7,15-16,18-20H2,1H3,(H,39,41,44)/t33?,34-/m0/s1. The van der Waals surface area contributed by atoms with Gasteiger partial charge < -0.3 is 10.2 Å². The van der Waals surface area contributed by atoms with Crippen LogP contribution in [0.4, 0.5) is 14.6 Å². The maximum absolute atomic E-state index is 14.6. The smallest absolute Gasteiger partial charge is 0.244 e. The quantitative estimate of drug-likeness (QED) is 0.155. The average Bonchev–Trinajstić information content (AvgIpc) is 3.72. The first-order valence-electron chi connectivity index (χ1n) is 15.4. The molecule has 1 N–H and O–H groups in total. The minimum Gasteiger partial charge on any atom is -0.326 e. The fraction of sp³-hybridized carbons (Fsp3) is 0.371. The van der Waals surface area contributed by atoms with Crippen LogP contribution < -0.4 is 5.32 Å². The first-order valence-corrected chi connectivity index (χ1v) is 16.9. The first kappa shape index (κ1) is 28.9. The number of anilines is 1.